The molecule has 2 aromatic carbocycles. The number of ether oxygens (including phenoxy) is 1. The van der Waals surface area contributed by atoms with Crippen molar-refractivity contribution in [3.05, 3.63) is 87.5 Å². The first-order chi connectivity index (χ1) is 14.0. The Bertz CT molecular complexity index is 1090. The van der Waals surface area contributed by atoms with Crippen molar-refractivity contribution in [3.63, 3.8) is 0 Å². The van der Waals surface area contributed by atoms with Gasteiger partial charge < -0.3 is 4.74 Å². The molecular weight excluding hydrogens is 372 g/mol. The minimum Gasteiger partial charge on any atom is -0.438 e. The van der Waals surface area contributed by atoms with Crippen molar-refractivity contribution in [2.24, 2.45) is 0 Å². The van der Waals surface area contributed by atoms with E-state index in [2.05, 4.69) is 70.8 Å². The third-order valence-electron chi connectivity index (χ3n) is 6.42. The number of carbonyl (C=O) groups is 1. The van der Waals surface area contributed by atoms with Crippen LogP contribution in [0, 0.1) is 34.6 Å². The van der Waals surface area contributed by atoms with Gasteiger partial charge in [-0.15, -0.1) is 0 Å². The highest BCUT2D eigenvalue weighted by molar-refractivity contribution is 5.72. The number of carbonyl (C=O) groups excluding carboxylic acids is 1. The zero-order valence-electron chi connectivity index (χ0n) is 19.3. The Hall–Kier alpha value is -2.88. The van der Waals surface area contributed by atoms with E-state index in [1.54, 1.807) is 12.4 Å². The molecule has 0 aliphatic heterocycles. The predicted molar refractivity (Wildman–Crippen MR) is 121 cm³/mol. The fourth-order valence-corrected chi connectivity index (χ4v) is 4.10. The third-order valence-corrected chi connectivity index (χ3v) is 6.42. The molecule has 30 heavy (non-hydrogen) atoms. The maximum atomic E-state index is 13.2. The highest BCUT2D eigenvalue weighted by Crippen LogP contribution is 2.32. The van der Waals surface area contributed by atoms with Crippen molar-refractivity contribution >= 4 is 6.09 Å². The van der Waals surface area contributed by atoms with E-state index >= 15 is 0 Å². The van der Waals surface area contributed by atoms with E-state index < -0.39 is 11.7 Å². The van der Waals surface area contributed by atoms with Gasteiger partial charge in [-0.1, -0.05) is 37.3 Å². The Labute approximate surface area is 179 Å². The number of benzene rings is 2. The predicted octanol–water partition coefficient (Wildman–Crippen LogP) is 6.50. The first-order valence-electron chi connectivity index (χ1n) is 10.4. The molecule has 0 N–H and O–H groups in total. The van der Waals surface area contributed by atoms with Crippen molar-refractivity contribution in [1.29, 1.82) is 0 Å². The molecule has 158 valence electrons. The Morgan fingerprint density at radius 3 is 2.33 bits per heavy atom. The van der Waals surface area contributed by atoms with Crippen molar-refractivity contribution in [2.75, 3.05) is 0 Å². The number of imidazole rings is 1. The summed E-state index contributed by atoms with van der Waals surface area (Å²) in [4.78, 5) is 17.7. The summed E-state index contributed by atoms with van der Waals surface area (Å²) in [5.74, 6) is 0.653. The van der Waals surface area contributed by atoms with Gasteiger partial charge in [-0.25, -0.2) is 14.3 Å². The summed E-state index contributed by atoms with van der Waals surface area (Å²) < 4.78 is 7.54. The summed E-state index contributed by atoms with van der Waals surface area (Å²) >= 11 is 0. The number of aryl methyl sites for hydroxylation is 2. The van der Waals surface area contributed by atoms with Crippen LogP contribution < -0.4 is 0 Å². The molecule has 0 aliphatic rings. The number of rotatable bonds is 4. The van der Waals surface area contributed by atoms with Crippen LogP contribution in [0.15, 0.2) is 42.7 Å². The molecule has 1 heterocycles. The Morgan fingerprint density at radius 2 is 1.63 bits per heavy atom. The van der Waals surface area contributed by atoms with Crippen LogP contribution in [0.1, 0.15) is 71.5 Å². The molecule has 0 fully saturated rings. The van der Waals surface area contributed by atoms with E-state index in [0.29, 0.717) is 5.82 Å². The monoisotopic (exact) mass is 404 g/mol. The molecule has 1 aromatic heterocycles. The van der Waals surface area contributed by atoms with Crippen LogP contribution in [-0.4, -0.2) is 15.6 Å². The van der Waals surface area contributed by atoms with E-state index in [1.807, 2.05) is 19.9 Å². The lowest BCUT2D eigenvalue weighted by molar-refractivity contribution is 0.0363. The molecule has 0 spiro atoms. The molecule has 3 aromatic rings. The summed E-state index contributed by atoms with van der Waals surface area (Å²) in [7, 11) is 0. The van der Waals surface area contributed by atoms with Gasteiger partial charge in [0.05, 0.1) is 0 Å². The molecule has 0 radical (unpaired) electrons. The maximum Gasteiger partial charge on any atom is 0.420 e. The SMILES string of the molecule is Cc1cccc([C@H](C)c2nccn2C(=O)OC(C)(C)c2ccc(C)c(C)c2C)c1C. The first-order valence-corrected chi connectivity index (χ1v) is 10.4. The molecule has 4 nitrogen and oxygen atoms in total. The average molecular weight is 405 g/mol. The summed E-state index contributed by atoms with van der Waals surface area (Å²) in [6, 6.07) is 10.4. The van der Waals surface area contributed by atoms with Crippen LogP contribution in [0.25, 0.3) is 0 Å². The molecule has 0 unspecified atom stereocenters. The van der Waals surface area contributed by atoms with Crippen LogP contribution in [0.3, 0.4) is 0 Å². The van der Waals surface area contributed by atoms with Crippen molar-refractivity contribution in [2.45, 2.75) is 66.9 Å². The Balaban J connectivity index is 1.92. The number of hydrogen-bond donors (Lipinski definition) is 0. The van der Waals surface area contributed by atoms with E-state index in [0.717, 1.165) is 11.1 Å². The van der Waals surface area contributed by atoms with Gasteiger partial charge in [-0.3, -0.25) is 0 Å². The van der Waals surface area contributed by atoms with Gasteiger partial charge in [0.2, 0.25) is 0 Å². The van der Waals surface area contributed by atoms with Gasteiger partial charge >= 0.3 is 6.09 Å². The quantitative estimate of drug-likeness (QED) is 0.499. The molecular formula is C26H32N2O2. The van der Waals surface area contributed by atoms with E-state index in [-0.39, 0.29) is 5.92 Å². The molecule has 0 aliphatic carbocycles. The number of hydrogen-bond acceptors (Lipinski definition) is 3. The lowest BCUT2D eigenvalue weighted by atomic mass is 9.89. The minimum absolute atomic E-state index is 0.0288. The number of nitrogens with zero attached hydrogens (tertiary/aromatic N) is 2. The molecule has 4 heteroatoms. The van der Waals surface area contributed by atoms with Gasteiger partial charge in [0, 0.05) is 18.3 Å². The fourth-order valence-electron chi connectivity index (χ4n) is 4.10. The van der Waals surface area contributed by atoms with E-state index in [9.17, 15) is 4.79 Å². The summed E-state index contributed by atoms with van der Waals surface area (Å²) in [6.45, 7) is 16.4. The van der Waals surface area contributed by atoms with Gasteiger partial charge in [0.25, 0.3) is 0 Å². The van der Waals surface area contributed by atoms with Crippen LogP contribution in [0.4, 0.5) is 4.79 Å². The van der Waals surface area contributed by atoms with Gasteiger partial charge in [0.1, 0.15) is 11.4 Å². The average Bonchev–Trinajstić information content (AvgIpc) is 3.17. The highest BCUT2D eigenvalue weighted by Gasteiger charge is 2.30. The summed E-state index contributed by atoms with van der Waals surface area (Å²) in [6.07, 6.45) is 2.93. The second-order valence-corrected chi connectivity index (χ2v) is 8.72. The topological polar surface area (TPSA) is 44.1 Å². The standard InChI is InChI=1S/C26H32N2O2/c1-16-10-9-11-22(19(16)4)21(6)24-27-14-15-28(24)25(29)30-26(7,8)23-13-12-17(2)18(3)20(23)5/h9-15,21H,1-8H3/t21-/m0/s1. The van der Waals surface area contributed by atoms with Crippen molar-refractivity contribution in [1.82, 2.24) is 9.55 Å². The zero-order valence-corrected chi connectivity index (χ0v) is 19.3. The van der Waals surface area contributed by atoms with Crippen molar-refractivity contribution < 1.29 is 9.53 Å². The smallest absolute Gasteiger partial charge is 0.420 e. The molecule has 0 bridgehead atoms. The van der Waals surface area contributed by atoms with Crippen LogP contribution >= 0.6 is 0 Å². The molecule has 0 saturated heterocycles. The minimum atomic E-state index is -0.760. The Kier molecular flexibility index (Phi) is 5.89. The summed E-state index contributed by atoms with van der Waals surface area (Å²) in [5, 5.41) is 0. The zero-order chi connectivity index (χ0) is 22.2. The molecule has 3 rings (SSSR count). The highest BCUT2D eigenvalue weighted by atomic mass is 16.6. The molecule has 0 amide bonds. The molecule has 0 saturated carbocycles. The number of aromatic nitrogens is 2. The fraction of sp³-hybridized carbons (Fsp3) is 0.385. The summed E-state index contributed by atoms with van der Waals surface area (Å²) in [5.41, 5.74) is 7.49. The van der Waals surface area contributed by atoms with Gasteiger partial charge in [0.15, 0.2) is 0 Å². The second kappa shape index (κ2) is 8.10. The van der Waals surface area contributed by atoms with E-state index in [4.69, 9.17) is 4.74 Å². The van der Waals surface area contributed by atoms with Crippen LogP contribution in [0.2, 0.25) is 0 Å². The van der Waals surface area contributed by atoms with Gasteiger partial charge in [-0.05, 0) is 87.4 Å². The Morgan fingerprint density at radius 1 is 0.967 bits per heavy atom. The lowest BCUT2D eigenvalue weighted by Gasteiger charge is -2.29. The van der Waals surface area contributed by atoms with Crippen molar-refractivity contribution in [3.8, 4) is 0 Å². The first kappa shape index (κ1) is 21.8. The lowest BCUT2D eigenvalue weighted by Crippen LogP contribution is -2.30. The van der Waals surface area contributed by atoms with E-state index in [1.165, 1.54) is 32.4 Å². The molecule has 1 atom stereocenters. The maximum absolute atomic E-state index is 13.2. The normalized spacial score (nSPS) is 12.7. The second-order valence-electron chi connectivity index (χ2n) is 8.72. The largest absolute Gasteiger partial charge is 0.438 e. The van der Waals surface area contributed by atoms with Crippen LogP contribution in [0.5, 0.6) is 0 Å². The van der Waals surface area contributed by atoms with Gasteiger partial charge in [-0.2, -0.15) is 0 Å². The third kappa shape index (κ3) is 3.91. The van der Waals surface area contributed by atoms with Crippen LogP contribution in [-0.2, 0) is 10.3 Å².